The summed E-state index contributed by atoms with van der Waals surface area (Å²) in [5.41, 5.74) is 3.16. The van der Waals surface area contributed by atoms with Crippen molar-refractivity contribution in [3.63, 3.8) is 0 Å². The molecule has 9 heteroatoms. The van der Waals surface area contributed by atoms with Crippen molar-refractivity contribution in [3.8, 4) is 5.69 Å². The molecule has 0 saturated heterocycles. The van der Waals surface area contributed by atoms with Gasteiger partial charge in [-0.1, -0.05) is 42.5 Å². The largest absolute Gasteiger partial charge is 0.332 e. The number of carbonyl (C=O) groups excluding carboxylic acids is 1. The van der Waals surface area contributed by atoms with Gasteiger partial charge in [0.1, 0.15) is 5.69 Å². The molecule has 0 radical (unpaired) electrons. The molecule has 0 bridgehead atoms. The minimum atomic E-state index is -0.264. The Morgan fingerprint density at radius 1 is 0.886 bits per heavy atom. The molecule has 0 aliphatic rings. The zero-order chi connectivity index (χ0) is 24.8. The van der Waals surface area contributed by atoms with Crippen molar-refractivity contribution < 1.29 is 4.79 Å². The lowest BCUT2D eigenvalue weighted by atomic mass is 10.3. The van der Waals surface area contributed by atoms with Crippen molar-refractivity contribution in [2.24, 2.45) is 7.05 Å². The molecule has 1 aromatic heterocycles. The highest BCUT2D eigenvalue weighted by Gasteiger charge is 2.18. The summed E-state index contributed by atoms with van der Waals surface area (Å²) in [5, 5.41) is 9.56. The Labute approximate surface area is 213 Å². The Hall–Kier alpha value is -3.82. The number of hydrogen-bond acceptors (Lipinski definition) is 4. The standard InChI is InChI=1S/C26H25N5O2S2/c1-18-24(25(33)31(30(18)2)21-13-7-4-8-14-21)29-23(32)17-35-22-15-9-12-20(16-22)28-26(34)27-19-10-5-3-6-11-19/h3-16H,17H2,1-2H3,(H,29,32)(H2,27,28,34). The molecule has 4 rings (SSSR count). The van der Waals surface area contributed by atoms with Crippen molar-refractivity contribution in [3.05, 3.63) is 101 Å². The summed E-state index contributed by atoms with van der Waals surface area (Å²) in [4.78, 5) is 26.6. The van der Waals surface area contributed by atoms with Gasteiger partial charge in [-0.3, -0.25) is 14.3 Å². The minimum absolute atomic E-state index is 0.162. The number of nitrogens with zero attached hydrogens (tertiary/aromatic N) is 2. The van der Waals surface area contributed by atoms with Crippen LogP contribution >= 0.6 is 24.0 Å². The summed E-state index contributed by atoms with van der Waals surface area (Å²) in [7, 11) is 1.80. The lowest BCUT2D eigenvalue weighted by Gasteiger charge is -2.11. The van der Waals surface area contributed by atoms with E-state index >= 15 is 0 Å². The number of aromatic nitrogens is 2. The second-order valence-electron chi connectivity index (χ2n) is 7.75. The van der Waals surface area contributed by atoms with Crippen LogP contribution in [0.15, 0.2) is 94.6 Å². The fourth-order valence-electron chi connectivity index (χ4n) is 3.52. The first-order valence-electron chi connectivity index (χ1n) is 10.9. The summed E-state index contributed by atoms with van der Waals surface area (Å²) in [6.45, 7) is 1.81. The predicted molar refractivity (Wildman–Crippen MR) is 148 cm³/mol. The van der Waals surface area contributed by atoms with E-state index in [2.05, 4.69) is 16.0 Å². The average Bonchev–Trinajstić information content (AvgIpc) is 3.07. The maximum Gasteiger partial charge on any atom is 0.295 e. The SMILES string of the molecule is Cc1c(NC(=O)CSc2cccc(NC(=S)Nc3ccccc3)c2)c(=O)n(-c2ccccc2)n1C. The molecular weight excluding hydrogens is 478 g/mol. The number of carbonyl (C=O) groups is 1. The molecule has 0 saturated carbocycles. The van der Waals surface area contributed by atoms with E-state index in [1.54, 1.807) is 16.4 Å². The van der Waals surface area contributed by atoms with Gasteiger partial charge in [-0.15, -0.1) is 11.8 Å². The van der Waals surface area contributed by atoms with Crippen molar-refractivity contribution in [2.45, 2.75) is 11.8 Å². The van der Waals surface area contributed by atoms with Gasteiger partial charge in [0.15, 0.2) is 5.11 Å². The molecule has 0 aliphatic heterocycles. The van der Waals surface area contributed by atoms with E-state index in [-0.39, 0.29) is 22.9 Å². The smallest absolute Gasteiger partial charge is 0.295 e. The second-order valence-corrected chi connectivity index (χ2v) is 9.20. The maximum absolute atomic E-state index is 13.0. The van der Waals surface area contributed by atoms with Crippen molar-refractivity contribution in [1.29, 1.82) is 0 Å². The summed E-state index contributed by atoms with van der Waals surface area (Å²) >= 11 is 6.77. The van der Waals surface area contributed by atoms with Gasteiger partial charge in [0, 0.05) is 23.3 Å². The van der Waals surface area contributed by atoms with Gasteiger partial charge < -0.3 is 16.0 Å². The molecule has 0 unspecified atom stereocenters. The Kier molecular flexibility index (Phi) is 7.69. The Bertz CT molecular complexity index is 1400. The van der Waals surface area contributed by atoms with Gasteiger partial charge in [-0.05, 0) is 61.6 Å². The van der Waals surface area contributed by atoms with Gasteiger partial charge in [0.05, 0.1) is 17.1 Å². The van der Waals surface area contributed by atoms with E-state index in [0.29, 0.717) is 10.8 Å². The lowest BCUT2D eigenvalue weighted by Crippen LogP contribution is -2.23. The van der Waals surface area contributed by atoms with E-state index in [1.807, 2.05) is 91.9 Å². The van der Waals surface area contributed by atoms with Crippen LogP contribution in [0.25, 0.3) is 5.69 Å². The first kappa shape index (κ1) is 24.3. The third-order valence-corrected chi connectivity index (χ3v) is 6.51. The van der Waals surface area contributed by atoms with E-state index in [0.717, 1.165) is 22.0 Å². The highest BCUT2D eigenvalue weighted by molar-refractivity contribution is 8.00. The molecule has 0 fully saturated rings. The zero-order valence-electron chi connectivity index (χ0n) is 19.3. The molecule has 7 nitrogen and oxygen atoms in total. The first-order valence-corrected chi connectivity index (χ1v) is 12.3. The van der Waals surface area contributed by atoms with Crippen LogP contribution in [0.1, 0.15) is 5.69 Å². The van der Waals surface area contributed by atoms with E-state index < -0.39 is 0 Å². The predicted octanol–water partition coefficient (Wildman–Crippen LogP) is 5.02. The number of hydrogen-bond donors (Lipinski definition) is 3. The van der Waals surface area contributed by atoms with E-state index in [1.165, 1.54) is 11.8 Å². The van der Waals surface area contributed by atoms with Crippen LogP contribution in [-0.4, -0.2) is 26.1 Å². The van der Waals surface area contributed by atoms with Crippen LogP contribution in [0.2, 0.25) is 0 Å². The molecule has 1 heterocycles. The highest BCUT2D eigenvalue weighted by atomic mass is 32.2. The molecule has 3 aromatic carbocycles. The second kappa shape index (κ2) is 11.1. The lowest BCUT2D eigenvalue weighted by molar-refractivity contribution is -0.113. The number of thioether (sulfide) groups is 1. The number of rotatable bonds is 7. The van der Waals surface area contributed by atoms with Crippen molar-refractivity contribution in [1.82, 2.24) is 9.36 Å². The number of para-hydroxylation sites is 2. The van der Waals surface area contributed by atoms with Gasteiger partial charge in [-0.25, -0.2) is 4.68 Å². The Morgan fingerprint density at radius 2 is 1.51 bits per heavy atom. The summed E-state index contributed by atoms with van der Waals surface area (Å²) < 4.78 is 3.28. The number of nitrogens with one attached hydrogen (secondary N) is 3. The maximum atomic E-state index is 13.0. The topological polar surface area (TPSA) is 80.1 Å². The fourth-order valence-corrected chi connectivity index (χ4v) is 4.51. The number of amides is 1. The molecule has 1 amide bonds. The number of benzene rings is 3. The van der Waals surface area contributed by atoms with Gasteiger partial charge in [0.2, 0.25) is 5.91 Å². The van der Waals surface area contributed by atoms with Crippen LogP contribution in [0.4, 0.5) is 17.1 Å². The third-order valence-electron chi connectivity index (χ3n) is 5.31. The monoisotopic (exact) mass is 503 g/mol. The first-order chi connectivity index (χ1) is 16.9. The van der Waals surface area contributed by atoms with Crippen LogP contribution in [0.3, 0.4) is 0 Å². The van der Waals surface area contributed by atoms with Gasteiger partial charge in [0.25, 0.3) is 5.56 Å². The molecule has 35 heavy (non-hydrogen) atoms. The molecular formula is C26H25N5O2S2. The average molecular weight is 504 g/mol. The summed E-state index contributed by atoms with van der Waals surface area (Å²) in [5.74, 6) is -0.0874. The number of thiocarbonyl (C=S) groups is 1. The molecule has 0 aliphatic carbocycles. The quantitative estimate of drug-likeness (QED) is 0.243. The van der Waals surface area contributed by atoms with Gasteiger partial charge >= 0.3 is 0 Å². The third kappa shape index (κ3) is 6.00. The van der Waals surface area contributed by atoms with Crippen molar-refractivity contribution >= 4 is 52.1 Å². The summed E-state index contributed by atoms with van der Waals surface area (Å²) in [6.07, 6.45) is 0. The normalized spacial score (nSPS) is 10.6. The van der Waals surface area contributed by atoms with Crippen molar-refractivity contribution in [2.75, 3.05) is 21.7 Å². The zero-order valence-corrected chi connectivity index (χ0v) is 21.0. The molecule has 178 valence electrons. The van der Waals surface area contributed by atoms with E-state index in [9.17, 15) is 9.59 Å². The van der Waals surface area contributed by atoms with Crippen LogP contribution in [-0.2, 0) is 11.8 Å². The Balaban J connectivity index is 1.37. The van der Waals surface area contributed by atoms with Crippen LogP contribution in [0.5, 0.6) is 0 Å². The van der Waals surface area contributed by atoms with E-state index in [4.69, 9.17) is 12.2 Å². The fraction of sp³-hybridized carbons (Fsp3) is 0.115. The number of anilines is 3. The molecule has 0 spiro atoms. The van der Waals surface area contributed by atoms with Gasteiger partial charge in [-0.2, -0.15) is 0 Å². The highest BCUT2D eigenvalue weighted by Crippen LogP contribution is 2.22. The molecule has 3 N–H and O–H groups in total. The summed E-state index contributed by atoms with van der Waals surface area (Å²) in [6, 6.07) is 26.6. The van der Waals surface area contributed by atoms with Crippen LogP contribution in [0, 0.1) is 6.92 Å². The minimum Gasteiger partial charge on any atom is -0.332 e. The Morgan fingerprint density at radius 3 is 2.23 bits per heavy atom. The van der Waals surface area contributed by atoms with Crippen LogP contribution < -0.4 is 21.5 Å². The molecule has 4 aromatic rings. The molecule has 0 atom stereocenters.